The van der Waals surface area contributed by atoms with Gasteiger partial charge in [-0.25, -0.2) is 13.4 Å². The van der Waals surface area contributed by atoms with Crippen molar-refractivity contribution in [3.63, 3.8) is 0 Å². The predicted octanol–water partition coefficient (Wildman–Crippen LogP) is 3.65. The Morgan fingerprint density at radius 3 is 2.52 bits per heavy atom. The molecule has 0 saturated carbocycles. The van der Waals surface area contributed by atoms with Gasteiger partial charge in [0.05, 0.1) is 15.6 Å². The minimum absolute atomic E-state index is 0.0888. The van der Waals surface area contributed by atoms with E-state index in [1.807, 2.05) is 26.2 Å². The highest BCUT2D eigenvalue weighted by atomic mass is 35.5. The third kappa shape index (κ3) is 3.75. The minimum atomic E-state index is -3.53. The summed E-state index contributed by atoms with van der Waals surface area (Å²) in [6.45, 7) is 6.12. The van der Waals surface area contributed by atoms with Crippen LogP contribution in [-0.4, -0.2) is 13.4 Å². The van der Waals surface area contributed by atoms with Crippen LogP contribution in [0, 0.1) is 0 Å². The molecule has 2 rings (SSSR count). The SMILES string of the molecule is CC(C)(C)c1csc(CS(=O)(=O)c2ccc(N)cc2Cl)n1. The zero-order chi connectivity index (χ0) is 15.8. The lowest BCUT2D eigenvalue weighted by molar-refractivity contribution is 0.570. The number of thiazole rings is 1. The van der Waals surface area contributed by atoms with E-state index in [2.05, 4.69) is 4.98 Å². The Hall–Kier alpha value is -1.11. The zero-order valence-corrected chi connectivity index (χ0v) is 14.4. The molecule has 2 aromatic rings. The standard InChI is InChI=1S/C14H17ClN2O2S2/c1-14(2,3)12-7-20-13(17-12)8-21(18,19)11-5-4-9(16)6-10(11)15/h4-7H,8,16H2,1-3H3. The molecule has 0 aliphatic carbocycles. The maximum absolute atomic E-state index is 12.4. The lowest BCUT2D eigenvalue weighted by Crippen LogP contribution is -2.12. The molecule has 0 radical (unpaired) electrons. The molecule has 0 spiro atoms. The van der Waals surface area contributed by atoms with Gasteiger partial charge in [0.2, 0.25) is 0 Å². The molecule has 0 aliphatic rings. The number of aromatic nitrogens is 1. The van der Waals surface area contributed by atoms with E-state index in [1.54, 1.807) is 0 Å². The summed E-state index contributed by atoms with van der Waals surface area (Å²) in [5.74, 6) is -0.155. The predicted molar refractivity (Wildman–Crippen MR) is 87.6 cm³/mol. The molecule has 4 nitrogen and oxygen atoms in total. The van der Waals surface area contributed by atoms with Crippen molar-refractivity contribution < 1.29 is 8.42 Å². The maximum atomic E-state index is 12.4. The first kappa shape index (κ1) is 16.3. The van der Waals surface area contributed by atoms with Crippen molar-refractivity contribution in [2.75, 3.05) is 5.73 Å². The van der Waals surface area contributed by atoms with Gasteiger partial charge in [-0.2, -0.15) is 0 Å². The average Bonchev–Trinajstić information content (AvgIpc) is 2.75. The molecule has 1 aromatic heterocycles. The molecule has 0 fully saturated rings. The molecule has 1 heterocycles. The van der Waals surface area contributed by atoms with Crippen LogP contribution in [0.15, 0.2) is 28.5 Å². The van der Waals surface area contributed by atoms with Gasteiger partial charge < -0.3 is 5.73 Å². The molecule has 0 amide bonds. The molecule has 0 unspecified atom stereocenters. The fourth-order valence-corrected chi connectivity index (χ4v) is 4.99. The lowest BCUT2D eigenvalue weighted by Gasteiger charge is -2.14. The third-order valence-electron chi connectivity index (χ3n) is 2.92. The van der Waals surface area contributed by atoms with E-state index in [4.69, 9.17) is 17.3 Å². The van der Waals surface area contributed by atoms with Crippen molar-refractivity contribution in [2.45, 2.75) is 36.8 Å². The molecule has 21 heavy (non-hydrogen) atoms. The maximum Gasteiger partial charge on any atom is 0.186 e. The second-order valence-electron chi connectivity index (χ2n) is 5.83. The summed E-state index contributed by atoms with van der Waals surface area (Å²) in [6.07, 6.45) is 0. The number of anilines is 1. The van der Waals surface area contributed by atoms with Crippen molar-refractivity contribution in [1.82, 2.24) is 4.98 Å². The van der Waals surface area contributed by atoms with Gasteiger partial charge in [-0.15, -0.1) is 11.3 Å². The van der Waals surface area contributed by atoms with Crippen molar-refractivity contribution >= 4 is 38.5 Å². The van der Waals surface area contributed by atoms with E-state index >= 15 is 0 Å². The van der Waals surface area contributed by atoms with Crippen LogP contribution in [0.2, 0.25) is 5.02 Å². The second-order valence-corrected chi connectivity index (χ2v) is 9.13. The lowest BCUT2D eigenvalue weighted by atomic mass is 9.93. The molecule has 0 aliphatic heterocycles. The number of hydrogen-bond donors (Lipinski definition) is 1. The fraction of sp³-hybridized carbons (Fsp3) is 0.357. The highest BCUT2D eigenvalue weighted by molar-refractivity contribution is 7.90. The Balaban J connectivity index is 2.31. The fourth-order valence-electron chi connectivity index (χ4n) is 1.73. The summed E-state index contributed by atoms with van der Waals surface area (Å²) in [5.41, 5.74) is 6.81. The van der Waals surface area contributed by atoms with Crippen molar-refractivity contribution in [1.29, 1.82) is 0 Å². The van der Waals surface area contributed by atoms with E-state index in [-0.39, 0.29) is 21.1 Å². The topological polar surface area (TPSA) is 73.0 Å². The highest BCUT2D eigenvalue weighted by Gasteiger charge is 2.23. The van der Waals surface area contributed by atoms with E-state index in [0.717, 1.165) is 5.69 Å². The number of hydrogen-bond acceptors (Lipinski definition) is 5. The van der Waals surface area contributed by atoms with Crippen LogP contribution in [0.4, 0.5) is 5.69 Å². The molecular weight excluding hydrogens is 328 g/mol. The quantitative estimate of drug-likeness (QED) is 0.862. The van der Waals surface area contributed by atoms with Crippen LogP contribution in [0.3, 0.4) is 0 Å². The normalized spacial score (nSPS) is 12.6. The first-order valence-electron chi connectivity index (χ1n) is 6.32. The number of sulfone groups is 1. The van der Waals surface area contributed by atoms with Gasteiger partial charge in [0, 0.05) is 16.5 Å². The zero-order valence-electron chi connectivity index (χ0n) is 12.1. The van der Waals surface area contributed by atoms with Crippen LogP contribution >= 0.6 is 22.9 Å². The van der Waals surface area contributed by atoms with Crippen molar-refractivity contribution in [2.24, 2.45) is 0 Å². The smallest absolute Gasteiger partial charge is 0.186 e. The van der Waals surface area contributed by atoms with Crippen LogP contribution in [0.1, 0.15) is 31.5 Å². The Bertz CT molecular complexity index is 762. The molecule has 114 valence electrons. The molecule has 7 heteroatoms. The van der Waals surface area contributed by atoms with Gasteiger partial charge in [-0.05, 0) is 18.2 Å². The van der Waals surface area contributed by atoms with Gasteiger partial charge in [0.25, 0.3) is 0 Å². The van der Waals surface area contributed by atoms with Crippen LogP contribution in [-0.2, 0) is 21.0 Å². The van der Waals surface area contributed by atoms with Gasteiger partial charge in [0.15, 0.2) is 9.84 Å². The molecular formula is C14H17ClN2O2S2. The molecule has 0 bridgehead atoms. The largest absolute Gasteiger partial charge is 0.399 e. The summed E-state index contributed by atoms with van der Waals surface area (Å²) in [6, 6.07) is 4.41. The van der Waals surface area contributed by atoms with Gasteiger partial charge >= 0.3 is 0 Å². The number of halogens is 1. The average molecular weight is 345 g/mol. The Kier molecular flexibility index (Phi) is 4.33. The van der Waals surface area contributed by atoms with Gasteiger partial charge in [-0.1, -0.05) is 32.4 Å². The van der Waals surface area contributed by atoms with E-state index < -0.39 is 9.84 Å². The molecule has 1 aromatic carbocycles. The van der Waals surface area contributed by atoms with Crippen LogP contribution in [0.25, 0.3) is 0 Å². The summed E-state index contributed by atoms with van der Waals surface area (Å²) in [5, 5.41) is 2.60. The number of nitrogens with two attached hydrogens (primary N) is 1. The van der Waals surface area contributed by atoms with E-state index in [1.165, 1.54) is 29.5 Å². The second kappa shape index (κ2) is 5.59. The number of rotatable bonds is 3. The van der Waals surface area contributed by atoms with Gasteiger partial charge in [-0.3, -0.25) is 0 Å². The summed E-state index contributed by atoms with van der Waals surface area (Å²) < 4.78 is 24.9. The van der Waals surface area contributed by atoms with Crippen molar-refractivity contribution in [3.05, 3.63) is 39.3 Å². The van der Waals surface area contributed by atoms with E-state index in [0.29, 0.717) is 10.7 Å². The monoisotopic (exact) mass is 344 g/mol. The summed E-state index contributed by atoms with van der Waals surface area (Å²) in [4.78, 5) is 4.50. The minimum Gasteiger partial charge on any atom is -0.399 e. The van der Waals surface area contributed by atoms with Gasteiger partial charge in [0.1, 0.15) is 10.8 Å². The Labute approximate surface area is 133 Å². The Morgan fingerprint density at radius 2 is 2.00 bits per heavy atom. The Morgan fingerprint density at radius 1 is 1.33 bits per heavy atom. The molecule has 0 saturated heterocycles. The summed E-state index contributed by atoms with van der Waals surface area (Å²) in [7, 11) is -3.53. The highest BCUT2D eigenvalue weighted by Crippen LogP contribution is 2.29. The first-order valence-corrected chi connectivity index (χ1v) is 9.23. The molecule has 2 N–H and O–H groups in total. The van der Waals surface area contributed by atoms with Crippen molar-refractivity contribution in [3.8, 4) is 0 Å². The first-order chi connectivity index (χ1) is 9.59. The third-order valence-corrected chi connectivity index (χ3v) is 6.06. The van der Waals surface area contributed by atoms with Crippen LogP contribution < -0.4 is 5.73 Å². The number of nitrogen functional groups attached to an aromatic ring is 1. The van der Waals surface area contributed by atoms with Crippen LogP contribution in [0.5, 0.6) is 0 Å². The summed E-state index contributed by atoms with van der Waals surface area (Å²) >= 11 is 7.33. The van der Waals surface area contributed by atoms with E-state index in [9.17, 15) is 8.42 Å². The molecule has 0 atom stereocenters. The number of benzene rings is 1. The number of nitrogens with zero attached hydrogens (tertiary/aromatic N) is 1.